The highest BCUT2D eigenvalue weighted by Gasteiger charge is 2.24. The molecule has 7 heteroatoms. The van der Waals surface area contributed by atoms with Crippen LogP contribution < -0.4 is 15.0 Å². The Hall–Kier alpha value is -2.57. The molecule has 0 radical (unpaired) electrons. The Morgan fingerprint density at radius 3 is 2.72 bits per heavy atom. The largest absolute Gasteiger partial charge is 0.493 e. The van der Waals surface area contributed by atoms with Crippen molar-refractivity contribution in [1.29, 1.82) is 0 Å². The van der Waals surface area contributed by atoms with E-state index in [9.17, 15) is 9.59 Å². The lowest BCUT2D eigenvalue weighted by atomic mass is 10.1. The van der Waals surface area contributed by atoms with Crippen LogP contribution >= 0.6 is 11.6 Å². The summed E-state index contributed by atoms with van der Waals surface area (Å²) >= 11 is 6.03. The van der Waals surface area contributed by atoms with Crippen molar-refractivity contribution in [3.63, 3.8) is 0 Å². The Bertz CT molecular complexity index is 910. The van der Waals surface area contributed by atoms with E-state index in [2.05, 4.69) is 23.5 Å². The zero-order chi connectivity index (χ0) is 20.2. The van der Waals surface area contributed by atoms with E-state index in [4.69, 9.17) is 16.3 Å². The SMILES string of the molecule is O=C(NCC(=O)N1CC[NH+](Cc2ccc3c(c2)CCO3)CC1)c1ccccc1Cl. The van der Waals surface area contributed by atoms with Crippen LogP contribution in [-0.2, 0) is 17.8 Å². The van der Waals surface area contributed by atoms with E-state index >= 15 is 0 Å². The normalized spacial score (nSPS) is 16.2. The second-order valence-corrected chi connectivity index (χ2v) is 7.92. The maximum absolute atomic E-state index is 12.5. The van der Waals surface area contributed by atoms with Crippen molar-refractivity contribution in [2.45, 2.75) is 13.0 Å². The van der Waals surface area contributed by atoms with Crippen LogP contribution in [0.5, 0.6) is 5.75 Å². The number of piperazine rings is 1. The van der Waals surface area contributed by atoms with E-state index < -0.39 is 0 Å². The lowest BCUT2D eigenvalue weighted by molar-refractivity contribution is -0.917. The molecule has 2 aliphatic rings. The van der Waals surface area contributed by atoms with E-state index in [0.717, 1.165) is 38.4 Å². The van der Waals surface area contributed by atoms with E-state index in [-0.39, 0.29) is 18.4 Å². The number of halogens is 1. The molecular formula is C22H25ClN3O3+. The highest BCUT2D eigenvalue weighted by molar-refractivity contribution is 6.33. The van der Waals surface area contributed by atoms with Gasteiger partial charge in [-0.15, -0.1) is 0 Å². The number of carbonyl (C=O) groups is 2. The number of rotatable bonds is 5. The molecule has 2 aromatic rings. The minimum atomic E-state index is -0.325. The standard InChI is InChI=1S/C22H24ClN3O3/c23-19-4-2-1-3-18(19)22(28)24-14-21(27)26-10-8-25(9-11-26)15-16-5-6-20-17(13-16)7-12-29-20/h1-6,13H,7-12,14-15H2,(H,24,28)/p+1. The number of nitrogens with zero attached hydrogens (tertiary/aromatic N) is 1. The maximum atomic E-state index is 12.5. The zero-order valence-corrected chi connectivity index (χ0v) is 17.0. The molecule has 29 heavy (non-hydrogen) atoms. The number of quaternary nitrogens is 1. The Morgan fingerprint density at radius 1 is 1.14 bits per heavy atom. The summed E-state index contributed by atoms with van der Waals surface area (Å²) < 4.78 is 5.57. The highest BCUT2D eigenvalue weighted by Crippen LogP contribution is 2.25. The fourth-order valence-corrected chi connectivity index (χ4v) is 4.12. The van der Waals surface area contributed by atoms with Gasteiger partial charge in [-0.25, -0.2) is 0 Å². The van der Waals surface area contributed by atoms with E-state index in [1.807, 2.05) is 4.90 Å². The van der Waals surface area contributed by atoms with Gasteiger partial charge < -0.3 is 19.9 Å². The first kappa shape index (κ1) is 19.7. The van der Waals surface area contributed by atoms with Gasteiger partial charge in [-0.2, -0.15) is 0 Å². The minimum Gasteiger partial charge on any atom is -0.493 e. The summed E-state index contributed by atoms with van der Waals surface area (Å²) in [5.74, 6) is 0.630. The Morgan fingerprint density at radius 2 is 1.93 bits per heavy atom. The van der Waals surface area contributed by atoms with Gasteiger partial charge in [-0.3, -0.25) is 9.59 Å². The van der Waals surface area contributed by atoms with Crippen LogP contribution in [0.3, 0.4) is 0 Å². The molecule has 4 rings (SSSR count). The average molecular weight is 415 g/mol. The van der Waals surface area contributed by atoms with Crippen LogP contribution in [0.1, 0.15) is 21.5 Å². The molecule has 0 spiro atoms. The second-order valence-electron chi connectivity index (χ2n) is 7.51. The third-order valence-corrected chi connectivity index (χ3v) is 5.88. The first-order chi connectivity index (χ1) is 14.1. The molecule has 2 heterocycles. The molecule has 0 atom stereocenters. The monoisotopic (exact) mass is 414 g/mol. The van der Waals surface area contributed by atoms with Gasteiger partial charge in [0.1, 0.15) is 12.3 Å². The average Bonchev–Trinajstić information content (AvgIpc) is 3.20. The molecule has 0 unspecified atom stereocenters. The summed E-state index contributed by atoms with van der Waals surface area (Å²) in [6.45, 7) is 4.92. The number of hydrogen-bond acceptors (Lipinski definition) is 3. The molecule has 0 bridgehead atoms. The topological polar surface area (TPSA) is 63.1 Å². The predicted molar refractivity (Wildman–Crippen MR) is 110 cm³/mol. The Labute approximate surface area is 175 Å². The number of carbonyl (C=O) groups excluding carboxylic acids is 2. The number of hydrogen-bond donors (Lipinski definition) is 2. The van der Waals surface area contributed by atoms with Crippen LogP contribution in [0.2, 0.25) is 5.02 Å². The Kier molecular flexibility index (Phi) is 6.02. The van der Waals surface area contributed by atoms with Crippen molar-refractivity contribution in [2.75, 3.05) is 39.3 Å². The summed E-state index contributed by atoms with van der Waals surface area (Å²) in [4.78, 5) is 28.0. The molecule has 0 aromatic heterocycles. The smallest absolute Gasteiger partial charge is 0.253 e. The lowest BCUT2D eigenvalue weighted by Gasteiger charge is -2.32. The van der Waals surface area contributed by atoms with Crippen LogP contribution in [0.25, 0.3) is 0 Å². The van der Waals surface area contributed by atoms with Gasteiger partial charge in [-0.05, 0) is 35.9 Å². The number of amides is 2. The van der Waals surface area contributed by atoms with Crippen molar-refractivity contribution in [2.24, 2.45) is 0 Å². The van der Waals surface area contributed by atoms with E-state index in [1.165, 1.54) is 16.0 Å². The predicted octanol–water partition coefficient (Wildman–Crippen LogP) is 0.932. The fraction of sp³-hybridized carbons (Fsp3) is 0.364. The number of benzene rings is 2. The summed E-state index contributed by atoms with van der Waals surface area (Å²) in [6, 6.07) is 13.3. The molecule has 1 saturated heterocycles. The van der Waals surface area contributed by atoms with Crippen molar-refractivity contribution >= 4 is 23.4 Å². The third kappa shape index (κ3) is 4.71. The van der Waals surface area contributed by atoms with Gasteiger partial charge in [0.05, 0.1) is 49.9 Å². The second kappa shape index (κ2) is 8.84. The number of nitrogens with one attached hydrogen (secondary N) is 2. The van der Waals surface area contributed by atoms with Crippen LogP contribution in [0, 0.1) is 0 Å². The summed E-state index contributed by atoms with van der Waals surface area (Å²) in [5, 5.41) is 3.06. The van der Waals surface area contributed by atoms with Crippen molar-refractivity contribution in [3.8, 4) is 5.75 Å². The van der Waals surface area contributed by atoms with E-state index in [1.54, 1.807) is 24.3 Å². The summed E-state index contributed by atoms with van der Waals surface area (Å²) in [6.07, 6.45) is 0.987. The van der Waals surface area contributed by atoms with E-state index in [0.29, 0.717) is 23.7 Å². The number of ether oxygens (including phenoxy) is 1. The molecule has 2 aromatic carbocycles. The van der Waals surface area contributed by atoms with Gasteiger partial charge in [0, 0.05) is 12.0 Å². The third-order valence-electron chi connectivity index (χ3n) is 5.55. The van der Waals surface area contributed by atoms with Crippen LogP contribution in [0.15, 0.2) is 42.5 Å². The summed E-state index contributed by atoms with van der Waals surface area (Å²) in [5.41, 5.74) is 3.00. The lowest BCUT2D eigenvalue weighted by Crippen LogP contribution is -3.13. The molecule has 0 aliphatic carbocycles. The quantitative estimate of drug-likeness (QED) is 0.765. The van der Waals surface area contributed by atoms with Gasteiger partial charge in [0.15, 0.2) is 0 Å². The molecule has 2 aliphatic heterocycles. The maximum Gasteiger partial charge on any atom is 0.253 e. The zero-order valence-electron chi connectivity index (χ0n) is 16.2. The number of fused-ring (bicyclic) bond motifs is 1. The van der Waals surface area contributed by atoms with Crippen molar-refractivity contribution in [1.82, 2.24) is 10.2 Å². The molecule has 152 valence electrons. The Balaban J connectivity index is 1.23. The highest BCUT2D eigenvalue weighted by atomic mass is 35.5. The minimum absolute atomic E-state index is 0.00971. The molecular weight excluding hydrogens is 390 g/mol. The molecule has 1 fully saturated rings. The first-order valence-corrected chi connectivity index (χ1v) is 10.4. The molecule has 2 N–H and O–H groups in total. The molecule has 0 saturated carbocycles. The van der Waals surface area contributed by atoms with Crippen molar-refractivity contribution in [3.05, 3.63) is 64.2 Å². The first-order valence-electron chi connectivity index (χ1n) is 9.99. The van der Waals surface area contributed by atoms with Gasteiger partial charge in [0.25, 0.3) is 5.91 Å². The van der Waals surface area contributed by atoms with Gasteiger partial charge in [-0.1, -0.05) is 23.7 Å². The molecule has 2 amide bonds. The summed E-state index contributed by atoms with van der Waals surface area (Å²) in [7, 11) is 0. The molecule has 6 nitrogen and oxygen atoms in total. The van der Waals surface area contributed by atoms with Crippen LogP contribution in [-0.4, -0.2) is 56.0 Å². The van der Waals surface area contributed by atoms with Crippen LogP contribution in [0.4, 0.5) is 0 Å². The van der Waals surface area contributed by atoms with Crippen molar-refractivity contribution < 1.29 is 19.2 Å². The van der Waals surface area contributed by atoms with Gasteiger partial charge in [0.2, 0.25) is 5.91 Å². The van der Waals surface area contributed by atoms with Gasteiger partial charge >= 0.3 is 0 Å². The fourth-order valence-electron chi connectivity index (χ4n) is 3.90.